The molecule has 0 amide bonds. The number of hydrogen-bond acceptors (Lipinski definition) is 2. The molecule has 0 aromatic rings. The summed E-state index contributed by atoms with van der Waals surface area (Å²) >= 11 is 0. The van der Waals surface area contributed by atoms with Crippen LogP contribution in [0.2, 0.25) is 0 Å². The van der Waals surface area contributed by atoms with E-state index >= 15 is 0 Å². The van der Waals surface area contributed by atoms with E-state index < -0.39 is 0 Å². The van der Waals surface area contributed by atoms with E-state index in [0.29, 0.717) is 13.2 Å². The summed E-state index contributed by atoms with van der Waals surface area (Å²) in [5.41, 5.74) is 0. The van der Waals surface area contributed by atoms with E-state index in [2.05, 4.69) is 13.8 Å². The number of unbranched alkanes of at least 4 members (excludes halogenated alkanes) is 38. The van der Waals surface area contributed by atoms with Crippen LogP contribution in [0, 0.1) is 0 Å². The van der Waals surface area contributed by atoms with Gasteiger partial charge in [-0.1, -0.05) is 258 Å². The fraction of sp³-hybridized carbons (Fsp3) is 1.00. The lowest BCUT2D eigenvalue weighted by molar-refractivity contribution is 0.282. The Balaban J connectivity index is 0. The van der Waals surface area contributed by atoms with Crippen LogP contribution in [-0.2, 0) is 0 Å². The van der Waals surface area contributed by atoms with Crippen molar-refractivity contribution in [3.8, 4) is 0 Å². The average molecular weight is 653 g/mol. The Bertz CT molecular complexity index is 425. The van der Waals surface area contributed by atoms with E-state index in [-0.39, 0.29) is 0 Å². The third-order valence-electron chi connectivity index (χ3n) is 10.0. The summed E-state index contributed by atoms with van der Waals surface area (Å²) in [6, 6.07) is 0. The second-order valence-electron chi connectivity index (χ2n) is 14.9. The molecule has 0 heterocycles. The molecule has 0 aliphatic rings. The summed E-state index contributed by atoms with van der Waals surface area (Å²) in [4.78, 5) is 0. The number of aliphatic hydroxyl groups is 2. The Labute approximate surface area is 293 Å². The van der Waals surface area contributed by atoms with Crippen molar-refractivity contribution >= 4 is 0 Å². The van der Waals surface area contributed by atoms with Crippen molar-refractivity contribution in [2.24, 2.45) is 0 Å². The maximum atomic E-state index is 8.74. The second kappa shape index (κ2) is 49.3. The van der Waals surface area contributed by atoms with Gasteiger partial charge in [0.05, 0.1) is 0 Å². The normalized spacial score (nSPS) is 11.2. The van der Waals surface area contributed by atoms with Crippen molar-refractivity contribution in [3.05, 3.63) is 0 Å². The minimum atomic E-state index is 0.373. The van der Waals surface area contributed by atoms with Crippen LogP contribution in [0.4, 0.5) is 0 Å². The van der Waals surface area contributed by atoms with Crippen molar-refractivity contribution in [3.63, 3.8) is 0 Å². The molecule has 280 valence electrons. The van der Waals surface area contributed by atoms with Crippen LogP contribution in [0.3, 0.4) is 0 Å². The third-order valence-corrected chi connectivity index (χ3v) is 10.0. The van der Waals surface area contributed by atoms with Gasteiger partial charge < -0.3 is 10.2 Å². The van der Waals surface area contributed by atoms with Gasteiger partial charge in [0.2, 0.25) is 0 Å². The zero-order valence-electron chi connectivity index (χ0n) is 32.6. The van der Waals surface area contributed by atoms with Crippen LogP contribution in [-0.4, -0.2) is 23.4 Å². The smallest absolute Gasteiger partial charge is 0.0431 e. The summed E-state index contributed by atoms with van der Waals surface area (Å²) in [7, 11) is 0. The van der Waals surface area contributed by atoms with Gasteiger partial charge in [-0.25, -0.2) is 0 Å². The lowest BCUT2D eigenvalue weighted by atomic mass is 10.0. The van der Waals surface area contributed by atoms with E-state index in [9.17, 15) is 0 Å². The first kappa shape index (κ1) is 48.0. The Morgan fingerprint density at radius 3 is 0.391 bits per heavy atom. The largest absolute Gasteiger partial charge is 0.396 e. The Kier molecular flexibility index (Phi) is 51.5. The van der Waals surface area contributed by atoms with Gasteiger partial charge in [-0.3, -0.25) is 0 Å². The molecule has 0 aliphatic heterocycles. The highest BCUT2D eigenvalue weighted by Gasteiger charge is 1.97. The van der Waals surface area contributed by atoms with Crippen molar-refractivity contribution in [2.75, 3.05) is 13.2 Å². The standard InChI is InChI=1S/C26H54O.C18H38O/c1-2-3-4-5-6-7-8-9-10-11-12-13-14-15-16-17-18-19-20-21-22-23-24-25-26-27;1-2-3-4-5-6-7-8-9-10-11-12-13-14-15-16-17-18-19/h27H,2-26H2,1H3;19H,2-18H2,1H3. The topological polar surface area (TPSA) is 40.5 Å². The van der Waals surface area contributed by atoms with Crippen LogP contribution < -0.4 is 0 Å². The summed E-state index contributed by atoms with van der Waals surface area (Å²) in [6.45, 7) is 5.33. The second-order valence-corrected chi connectivity index (χ2v) is 14.9. The zero-order chi connectivity index (χ0) is 33.7. The highest BCUT2D eigenvalue weighted by molar-refractivity contribution is 4.52. The van der Waals surface area contributed by atoms with Crippen LogP contribution in [0.25, 0.3) is 0 Å². The van der Waals surface area contributed by atoms with Gasteiger partial charge in [-0.2, -0.15) is 0 Å². The molecule has 2 nitrogen and oxygen atoms in total. The molecule has 0 aromatic heterocycles. The maximum Gasteiger partial charge on any atom is 0.0431 e. The Hall–Kier alpha value is -0.0800. The molecule has 0 aromatic carbocycles. The zero-order valence-corrected chi connectivity index (χ0v) is 32.6. The van der Waals surface area contributed by atoms with Gasteiger partial charge >= 0.3 is 0 Å². The van der Waals surface area contributed by atoms with Crippen LogP contribution in [0.5, 0.6) is 0 Å². The summed E-state index contributed by atoms with van der Waals surface area (Å²) in [6.07, 6.45) is 56.3. The van der Waals surface area contributed by atoms with Gasteiger partial charge in [0, 0.05) is 13.2 Å². The fourth-order valence-corrected chi connectivity index (χ4v) is 6.73. The highest BCUT2D eigenvalue weighted by Crippen LogP contribution is 2.16. The van der Waals surface area contributed by atoms with Crippen molar-refractivity contribution in [1.82, 2.24) is 0 Å². The van der Waals surface area contributed by atoms with Gasteiger partial charge in [-0.05, 0) is 12.8 Å². The highest BCUT2D eigenvalue weighted by atomic mass is 16.3. The Morgan fingerprint density at radius 1 is 0.174 bits per heavy atom. The van der Waals surface area contributed by atoms with E-state index in [1.165, 1.54) is 244 Å². The van der Waals surface area contributed by atoms with Gasteiger partial charge in [-0.15, -0.1) is 0 Å². The maximum absolute atomic E-state index is 8.74. The van der Waals surface area contributed by atoms with Crippen molar-refractivity contribution in [2.45, 2.75) is 271 Å². The predicted molar refractivity (Wildman–Crippen MR) is 210 cm³/mol. The molecule has 0 bridgehead atoms. The summed E-state index contributed by atoms with van der Waals surface area (Å²) < 4.78 is 0. The molecule has 0 atom stereocenters. The van der Waals surface area contributed by atoms with Crippen LogP contribution >= 0.6 is 0 Å². The first-order valence-corrected chi connectivity index (χ1v) is 22.0. The summed E-state index contributed by atoms with van der Waals surface area (Å²) in [5, 5.41) is 17.4. The number of rotatable bonds is 40. The van der Waals surface area contributed by atoms with Gasteiger partial charge in [0.15, 0.2) is 0 Å². The molecule has 2 heteroatoms. The van der Waals surface area contributed by atoms with E-state index in [1.54, 1.807) is 0 Å². The molecule has 46 heavy (non-hydrogen) atoms. The van der Waals surface area contributed by atoms with Crippen LogP contribution in [0.1, 0.15) is 271 Å². The molecular weight excluding hydrogens is 560 g/mol. The number of aliphatic hydroxyl groups excluding tert-OH is 2. The van der Waals surface area contributed by atoms with Gasteiger partial charge in [0.1, 0.15) is 0 Å². The van der Waals surface area contributed by atoms with E-state index in [1.807, 2.05) is 0 Å². The Morgan fingerprint density at radius 2 is 0.283 bits per heavy atom. The monoisotopic (exact) mass is 653 g/mol. The minimum Gasteiger partial charge on any atom is -0.396 e. The molecule has 0 radical (unpaired) electrons. The molecule has 0 saturated carbocycles. The molecule has 0 aliphatic carbocycles. The molecule has 0 saturated heterocycles. The molecule has 0 unspecified atom stereocenters. The molecule has 0 rings (SSSR count). The third kappa shape index (κ3) is 50.8. The molecule has 0 spiro atoms. The lowest BCUT2D eigenvalue weighted by Gasteiger charge is -2.04. The first-order chi connectivity index (χ1) is 22.8. The van der Waals surface area contributed by atoms with Crippen molar-refractivity contribution in [1.29, 1.82) is 0 Å². The molecule has 2 N–H and O–H groups in total. The SMILES string of the molecule is CCCCCCCCCCCCCCCCCCCCCCCCCCO.CCCCCCCCCCCCCCCCCCO. The molecule has 0 fully saturated rings. The first-order valence-electron chi connectivity index (χ1n) is 22.0. The summed E-state index contributed by atoms with van der Waals surface area (Å²) in [5.74, 6) is 0. The van der Waals surface area contributed by atoms with Crippen LogP contribution in [0.15, 0.2) is 0 Å². The lowest BCUT2D eigenvalue weighted by Crippen LogP contribution is -1.85. The average Bonchev–Trinajstić information content (AvgIpc) is 3.07. The predicted octanol–water partition coefficient (Wildman–Crippen LogP) is 15.6. The van der Waals surface area contributed by atoms with Gasteiger partial charge in [0.25, 0.3) is 0 Å². The van der Waals surface area contributed by atoms with E-state index in [4.69, 9.17) is 10.2 Å². The van der Waals surface area contributed by atoms with E-state index in [0.717, 1.165) is 12.8 Å². The quantitative estimate of drug-likeness (QED) is 0.0647. The van der Waals surface area contributed by atoms with Crippen molar-refractivity contribution < 1.29 is 10.2 Å². The number of hydrogen-bond donors (Lipinski definition) is 2. The fourth-order valence-electron chi connectivity index (χ4n) is 6.73. The molecular formula is C44H92O2. The minimum absolute atomic E-state index is 0.373.